The molecule has 0 saturated carbocycles. The molecule has 0 aromatic carbocycles. The average molecular weight is 236 g/mol. The third-order valence-electron chi connectivity index (χ3n) is 2.40. The van der Waals surface area contributed by atoms with Crippen molar-refractivity contribution in [3.63, 3.8) is 0 Å². The Morgan fingerprint density at radius 3 is 2.47 bits per heavy atom. The normalized spacial score (nSPS) is 13.7. The van der Waals surface area contributed by atoms with E-state index in [0.717, 1.165) is 24.5 Å². The lowest BCUT2D eigenvalue weighted by Gasteiger charge is -2.23. The molecule has 0 radical (unpaired) electrons. The highest BCUT2D eigenvalue weighted by atomic mass is 15.0. The standard InChI is InChI=1S/C13H24N4/c1-10-6-16-12(8-14-10)9-15-11(2)7-17-13(3,4)5/h6,8,11,15,17H,7,9H2,1-5H3. The fourth-order valence-electron chi connectivity index (χ4n) is 1.32. The van der Waals surface area contributed by atoms with Crippen LogP contribution in [-0.4, -0.2) is 28.1 Å². The average Bonchev–Trinajstić information content (AvgIpc) is 2.25. The van der Waals surface area contributed by atoms with Crippen molar-refractivity contribution in [3.05, 3.63) is 23.8 Å². The van der Waals surface area contributed by atoms with Gasteiger partial charge < -0.3 is 10.6 Å². The third kappa shape index (κ3) is 6.34. The van der Waals surface area contributed by atoms with Crippen molar-refractivity contribution in [2.24, 2.45) is 0 Å². The molecular weight excluding hydrogens is 212 g/mol. The zero-order chi connectivity index (χ0) is 12.9. The van der Waals surface area contributed by atoms with Gasteiger partial charge in [-0.1, -0.05) is 0 Å². The molecule has 4 nitrogen and oxygen atoms in total. The molecule has 0 amide bonds. The van der Waals surface area contributed by atoms with E-state index in [0.29, 0.717) is 6.04 Å². The van der Waals surface area contributed by atoms with Crippen LogP contribution in [0, 0.1) is 6.92 Å². The molecule has 0 aliphatic carbocycles. The van der Waals surface area contributed by atoms with E-state index in [4.69, 9.17) is 0 Å². The molecule has 0 fully saturated rings. The number of hydrogen-bond acceptors (Lipinski definition) is 4. The summed E-state index contributed by atoms with van der Waals surface area (Å²) in [4.78, 5) is 8.54. The van der Waals surface area contributed by atoms with E-state index in [-0.39, 0.29) is 5.54 Å². The lowest BCUT2D eigenvalue weighted by Crippen LogP contribution is -2.44. The first-order valence-corrected chi connectivity index (χ1v) is 6.13. The lowest BCUT2D eigenvalue weighted by atomic mass is 10.1. The summed E-state index contributed by atoms with van der Waals surface area (Å²) in [6, 6.07) is 0.414. The van der Waals surface area contributed by atoms with Gasteiger partial charge in [0.05, 0.1) is 11.4 Å². The van der Waals surface area contributed by atoms with E-state index >= 15 is 0 Å². The first-order chi connectivity index (χ1) is 7.87. The summed E-state index contributed by atoms with van der Waals surface area (Å²) in [7, 11) is 0. The van der Waals surface area contributed by atoms with Gasteiger partial charge in [-0.3, -0.25) is 9.97 Å². The first-order valence-electron chi connectivity index (χ1n) is 6.13. The van der Waals surface area contributed by atoms with Gasteiger partial charge >= 0.3 is 0 Å². The summed E-state index contributed by atoms with van der Waals surface area (Å²) in [5.74, 6) is 0. The molecule has 0 spiro atoms. The van der Waals surface area contributed by atoms with Gasteiger partial charge in [0.2, 0.25) is 0 Å². The van der Waals surface area contributed by atoms with E-state index in [9.17, 15) is 0 Å². The van der Waals surface area contributed by atoms with Crippen LogP contribution in [0.5, 0.6) is 0 Å². The second-order valence-electron chi connectivity index (χ2n) is 5.56. The maximum atomic E-state index is 4.31. The highest BCUT2D eigenvalue weighted by Crippen LogP contribution is 1.99. The highest BCUT2D eigenvalue weighted by molar-refractivity contribution is 5.00. The maximum Gasteiger partial charge on any atom is 0.0724 e. The Kier molecular flexibility index (Phi) is 5.02. The Hall–Kier alpha value is -1.00. The van der Waals surface area contributed by atoms with Crippen molar-refractivity contribution in [1.29, 1.82) is 0 Å². The van der Waals surface area contributed by atoms with Gasteiger partial charge in [-0.05, 0) is 34.6 Å². The smallest absolute Gasteiger partial charge is 0.0724 e. The van der Waals surface area contributed by atoms with Crippen molar-refractivity contribution in [3.8, 4) is 0 Å². The fourth-order valence-corrected chi connectivity index (χ4v) is 1.32. The monoisotopic (exact) mass is 236 g/mol. The lowest BCUT2D eigenvalue weighted by molar-refractivity contribution is 0.386. The second-order valence-corrected chi connectivity index (χ2v) is 5.56. The Labute approximate surface area is 104 Å². The van der Waals surface area contributed by atoms with Crippen LogP contribution in [-0.2, 0) is 6.54 Å². The van der Waals surface area contributed by atoms with E-state index in [1.165, 1.54) is 0 Å². The molecule has 4 heteroatoms. The molecule has 1 rings (SSSR count). The summed E-state index contributed by atoms with van der Waals surface area (Å²) < 4.78 is 0. The number of rotatable bonds is 5. The molecule has 1 heterocycles. The Morgan fingerprint density at radius 2 is 1.94 bits per heavy atom. The van der Waals surface area contributed by atoms with Crippen LogP contribution in [0.25, 0.3) is 0 Å². The molecule has 1 aromatic rings. The molecular formula is C13H24N4. The summed E-state index contributed by atoms with van der Waals surface area (Å²) in [6.07, 6.45) is 3.63. The SMILES string of the molecule is Cc1cnc(CNC(C)CNC(C)(C)C)cn1. The quantitative estimate of drug-likeness (QED) is 0.816. The van der Waals surface area contributed by atoms with Crippen molar-refractivity contribution >= 4 is 0 Å². The van der Waals surface area contributed by atoms with Gasteiger partial charge in [-0.15, -0.1) is 0 Å². The number of aryl methyl sites for hydroxylation is 1. The van der Waals surface area contributed by atoms with Crippen LogP contribution < -0.4 is 10.6 Å². The zero-order valence-corrected chi connectivity index (χ0v) is 11.5. The molecule has 17 heavy (non-hydrogen) atoms. The highest BCUT2D eigenvalue weighted by Gasteiger charge is 2.10. The predicted octanol–water partition coefficient (Wildman–Crippen LogP) is 1.65. The fraction of sp³-hybridized carbons (Fsp3) is 0.692. The van der Waals surface area contributed by atoms with Crippen LogP contribution in [0.15, 0.2) is 12.4 Å². The summed E-state index contributed by atoms with van der Waals surface area (Å²) in [6.45, 7) is 12.3. The number of nitrogens with zero attached hydrogens (tertiary/aromatic N) is 2. The number of nitrogens with one attached hydrogen (secondary N) is 2. The largest absolute Gasteiger partial charge is 0.311 e. The molecule has 0 aliphatic heterocycles. The van der Waals surface area contributed by atoms with Gasteiger partial charge in [0.1, 0.15) is 0 Å². The van der Waals surface area contributed by atoms with Crippen LogP contribution in [0.1, 0.15) is 39.1 Å². The molecule has 1 aromatic heterocycles. The Bertz CT molecular complexity index is 326. The molecule has 2 N–H and O–H groups in total. The molecule has 0 bridgehead atoms. The third-order valence-corrected chi connectivity index (χ3v) is 2.40. The van der Waals surface area contributed by atoms with Crippen LogP contribution >= 0.6 is 0 Å². The van der Waals surface area contributed by atoms with E-state index in [1.807, 2.05) is 13.1 Å². The zero-order valence-electron chi connectivity index (χ0n) is 11.5. The Balaban J connectivity index is 2.28. The summed E-state index contributed by atoms with van der Waals surface area (Å²) in [5, 5.41) is 6.89. The van der Waals surface area contributed by atoms with Gasteiger partial charge in [0, 0.05) is 37.1 Å². The minimum atomic E-state index is 0.166. The molecule has 0 aliphatic rings. The topological polar surface area (TPSA) is 49.8 Å². The first kappa shape index (κ1) is 14.1. The van der Waals surface area contributed by atoms with Crippen molar-refractivity contribution in [2.75, 3.05) is 6.54 Å². The maximum absolute atomic E-state index is 4.31. The van der Waals surface area contributed by atoms with Crippen LogP contribution in [0.4, 0.5) is 0 Å². The molecule has 96 valence electrons. The van der Waals surface area contributed by atoms with Crippen molar-refractivity contribution in [2.45, 2.75) is 52.7 Å². The predicted molar refractivity (Wildman–Crippen MR) is 70.8 cm³/mol. The van der Waals surface area contributed by atoms with E-state index in [2.05, 4.69) is 48.3 Å². The van der Waals surface area contributed by atoms with Gasteiger partial charge in [-0.2, -0.15) is 0 Å². The van der Waals surface area contributed by atoms with Gasteiger partial charge in [-0.25, -0.2) is 0 Å². The van der Waals surface area contributed by atoms with Gasteiger partial charge in [0.15, 0.2) is 0 Å². The number of aromatic nitrogens is 2. The van der Waals surface area contributed by atoms with Crippen molar-refractivity contribution < 1.29 is 0 Å². The summed E-state index contributed by atoms with van der Waals surface area (Å²) in [5.41, 5.74) is 2.11. The van der Waals surface area contributed by atoms with Crippen molar-refractivity contribution in [1.82, 2.24) is 20.6 Å². The molecule has 1 atom stereocenters. The minimum absolute atomic E-state index is 0.166. The van der Waals surface area contributed by atoms with E-state index in [1.54, 1.807) is 6.20 Å². The van der Waals surface area contributed by atoms with E-state index < -0.39 is 0 Å². The number of hydrogen-bond donors (Lipinski definition) is 2. The molecule has 1 unspecified atom stereocenters. The van der Waals surface area contributed by atoms with Crippen LogP contribution in [0.3, 0.4) is 0 Å². The molecule has 0 saturated heterocycles. The summed E-state index contributed by atoms with van der Waals surface area (Å²) >= 11 is 0. The van der Waals surface area contributed by atoms with Crippen LogP contribution in [0.2, 0.25) is 0 Å². The Morgan fingerprint density at radius 1 is 1.24 bits per heavy atom. The second kappa shape index (κ2) is 6.07. The minimum Gasteiger partial charge on any atom is -0.311 e. The van der Waals surface area contributed by atoms with Gasteiger partial charge in [0.25, 0.3) is 0 Å².